The number of fused-ring (bicyclic) bond motifs is 1. The molecule has 0 spiro atoms. The summed E-state index contributed by atoms with van der Waals surface area (Å²) in [6, 6.07) is 0. The van der Waals surface area contributed by atoms with Crippen molar-refractivity contribution >= 4 is 17.4 Å². The number of aryl methyl sites for hydroxylation is 1. The molecule has 3 aromatic rings. The molecule has 0 amide bonds. The van der Waals surface area contributed by atoms with Crippen molar-refractivity contribution in [3.8, 4) is 11.3 Å². The first-order chi connectivity index (χ1) is 8.69. The molecule has 0 bridgehead atoms. The van der Waals surface area contributed by atoms with E-state index in [2.05, 4.69) is 15.1 Å². The van der Waals surface area contributed by atoms with Crippen molar-refractivity contribution in [1.82, 2.24) is 24.1 Å². The summed E-state index contributed by atoms with van der Waals surface area (Å²) in [5.41, 5.74) is 2.35. The number of rotatable bonds is 2. The van der Waals surface area contributed by atoms with Gasteiger partial charge in [-0.15, -0.1) is 11.8 Å². The molecule has 0 unspecified atom stereocenters. The largest absolute Gasteiger partial charge is 0.293 e. The summed E-state index contributed by atoms with van der Waals surface area (Å²) in [5.74, 6) is -0.519. The summed E-state index contributed by atoms with van der Waals surface area (Å²) in [4.78, 5) is 8.12. The van der Waals surface area contributed by atoms with Crippen LogP contribution in [-0.2, 0) is 7.05 Å². The average Bonchev–Trinajstić information content (AvgIpc) is 2.93. The second kappa shape index (κ2) is 4.09. The summed E-state index contributed by atoms with van der Waals surface area (Å²) < 4.78 is 16.9. The predicted molar refractivity (Wildman–Crippen MR) is 66.9 cm³/mol. The van der Waals surface area contributed by atoms with Crippen LogP contribution in [0.5, 0.6) is 0 Å². The molecular formula is C11H10FN5S. The number of aromatic nitrogens is 5. The van der Waals surface area contributed by atoms with Gasteiger partial charge >= 0.3 is 0 Å². The Morgan fingerprint density at radius 2 is 2.11 bits per heavy atom. The number of hydrogen-bond donors (Lipinski definition) is 0. The first-order valence-corrected chi connectivity index (χ1v) is 6.48. The van der Waals surface area contributed by atoms with Crippen molar-refractivity contribution < 1.29 is 4.39 Å². The third-order valence-electron chi connectivity index (χ3n) is 2.63. The van der Waals surface area contributed by atoms with E-state index < -0.39 is 5.95 Å². The van der Waals surface area contributed by atoms with Gasteiger partial charge in [-0.2, -0.15) is 9.49 Å². The molecule has 92 valence electrons. The highest BCUT2D eigenvalue weighted by molar-refractivity contribution is 7.98. The molecular weight excluding hydrogens is 253 g/mol. The molecule has 3 rings (SSSR count). The fourth-order valence-corrected chi connectivity index (χ4v) is 2.35. The van der Waals surface area contributed by atoms with Gasteiger partial charge in [-0.3, -0.25) is 9.08 Å². The third-order valence-corrected chi connectivity index (χ3v) is 3.29. The highest BCUT2D eigenvalue weighted by atomic mass is 32.2. The molecule has 18 heavy (non-hydrogen) atoms. The van der Waals surface area contributed by atoms with Gasteiger partial charge in [0.1, 0.15) is 5.03 Å². The van der Waals surface area contributed by atoms with Gasteiger partial charge in [0.2, 0.25) is 5.95 Å². The van der Waals surface area contributed by atoms with E-state index in [1.807, 2.05) is 19.5 Å². The van der Waals surface area contributed by atoms with Crippen molar-refractivity contribution in [1.29, 1.82) is 0 Å². The zero-order chi connectivity index (χ0) is 12.7. The van der Waals surface area contributed by atoms with Crippen LogP contribution in [0.4, 0.5) is 4.39 Å². The molecule has 0 radical (unpaired) electrons. The molecule has 0 aliphatic rings. The summed E-state index contributed by atoms with van der Waals surface area (Å²) in [6.07, 6.45) is 8.47. The molecule has 0 aliphatic heterocycles. The van der Waals surface area contributed by atoms with Crippen LogP contribution in [0.15, 0.2) is 29.8 Å². The van der Waals surface area contributed by atoms with Gasteiger partial charge in [-0.25, -0.2) is 9.97 Å². The highest BCUT2D eigenvalue weighted by Gasteiger charge is 2.12. The Morgan fingerprint density at radius 3 is 2.78 bits per heavy atom. The maximum atomic E-state index is 13.5. The van der Waals surface area contributed by atoms with Crippen LogP contribution in [-0.4, -0.2) is 30.4 Å². The van der Waals surface area contributed by atoms with E-state index >= 15 is 0 Å². The molecule has 0 atom stereocenters. The standard InChI is InChI=1S/C11H10FN5S/c1-16-5-7(3-14-16)8-4-13-10-11(18-2)15-9(12)6-17(8)10/h3-6H,1-2H3. The third kappa shape index (κ3) is 1.67. The molecule has 0 fully saturated rings. The van der Waals surface area contributed by atoms with Crippen molar-refractivity contribution in [2.24, 2.45) is 7.05 Å². The fourth-order valence-electron chi connectivity index (χ4n) is 1.84. The predicted octanol–water partition coefficient (Wildman–Crippen LogP) is 1.99. The maximum absolute atomic E-state index is 13.5. The van der Waals surface area contributed by atoms with E-state index in [0.717, 1.165) is 11.3 Å². The summed E-state index contributed by atoms with van der Waals surface area (Å²) in [7, 11) is 1.84. The molecule has 3 heterocycles. The molecule has 0 saturated carbocycles. The molecule has 5 nitrogen and oxygen atoms in total. The molecule has 0 aliphatic carbocycles. The first-order valence-electron chi connectivity index (χ1n) is 5.25. The minimum absolute atomic E-state index is 0.519. The second-order valence-electron chi connectivity index (χ2n) is 3.81. The van der Waals surface area contributed by atoms with Crippen molar-refractivity contribution in [2.75, 3.05) is 6.26 Å². The Balaban J connectivity index is 2.28. The Bertz CT molecular complexity index is 717. The van der Waals surface area contributed by atoms with Gasteiger partial charge in [-0.1, -0.05) is 0 Å². The van der Waals surface area contributed by atoms with Crippen molar-refractivity contribution in [3.63, 3.8) is 0 Å². The van der Waals surface area contributed by atoms with E-state index in [-0.39, 0.29) is 0 Å². The normalized spacial score (nSPS) is 11.3. The maximum Gasteiger partial charge on any atom is 0.230 e. The summed E-state index contributed by atoms with van der Waals surface area (Å²) in [6.45, 7) is 0. The monoisotopic (exact) mass is 263 g/mol. The smallest absolute Gasteiger partial charge is 0.230 e. The number of nitrogens with zero attached hydrogens (tertiary/aromatic N) is 5. The van der Waals surface area contributed by atoms with Crippen LogP contribution in [0, 0.1) is 5.95 Å². The number of hydrogen-bond acceptors (Lipinski definition) is 4. The quantitative estimate of drug-likeness (QED) is 0.663. The van der Waals surface area contributed by atoms with Crippen molar-refractivity contribution in [2.45, 2.75) is 5.03 Å². The van der Waals surface area contributed by atoms with E-state index in [9.17, 15) is 4.39 Å². The molecule has 0 N–H and O–H groups in total. The lowest BCUT2D eigenvalue weighted by Gasteiger charge is -2.02. The average molecular weight is 263 g/mol. The van der Waals surface area contributed by atoms with Crippen LogP contribution in [0.25, 0.3) is 16.9 Å². The summed E-state index contributed by atoms with van der Waals surface area (Å²) in [5, 5.41) is 4.68. The number of imidazole rings is 1. The zero-order valence-corrected chi connectivity index (χ0v) is 10.6. The van der Waals surface area contributed by atoms with E-state index in [4.69, 9.17) is 0 Å². The lowest BCUT2D eigenvalue weighted by molar-refractivity contribution is 0.563. The van der Waals surface area contributed by atoms with Gasteiger partial charge in [-0.05, 0) is 6.26 Å². The Labute approximate surface area is 107 Å². The number of halogens is 1. The van der Waals surface area contributed by atoms with Crippen LogP contribution in [0.2, 0.25) is 0 Å². The minimum atomic E-state index is -0.519. The van der Waals surface area contributed by atoms with Crippen LogP contribution in [0.3, 0.4) is 0 Å². The molecule has 0 aromatic carbocycles. The highest BCUT2D eigenvalue weighted by Crippen LogP contribution is 2.24. The Morgan fingerprint density at radius 1 is 1.28 bits per heavy atom. The molecule has 7 heteroatoms. The van der Waals surface area contributed by atoms with Crippen LogP contribution >= 0.6 is 11.8 Å². The number of thioether (sulfide) groups is 1. The molecule has 3 aromatic heterocycles. The summed E-state index contributed by atoms with van der Waals surface area (Å²) >= 11 is 1.37. The van der Waals surface area contributed by atoms with Gasteiger partial charge in [0, 0.05) is 18.8 Å². The van der Waals surface area contributed by atoms with Gasteiger partial charge in [0.25, 0.3) is 0 Å². The van der Waals surface area contributed by atoms with Crippen LogP contribution in [0.1, 0.15) is 0 Å². The Kier molecular flexibility index (Phi) is 2.55. The lowest BCUT2D eigenvalue weighted by atomic mass is 10.3. The minimum Gasteiger partial charge on any atom is -0.293 e. The van der Waals surface area contributed by atoms with Gasteiger partial charge < -0.3 is 0 Å². The van der Waals surface area contributed by atoms with E-state index in [1.54, 1.807) is 21.5 Å². The molecule has 0 saturated heterocycles. The second-order valence-corrected chi connectivity index (χ2v) is 4.61. The zero-order valence-electron chi connectivity index (χ0n) is 9.83. The SMILES string of the molecule is CSc1nc(F)cn2c(-c3cnn(C)c3)cnc12. The first kappa shape index (κ1) is 11.2. The van der Waals surface area contributed by atoms with Gasteiger partial charge in [0.05, 0.1) is 24.3 Å². The fraction of sp³-hybridized carbons (Fsp3) is 0.182. The van der Waals surface area contributed by atoms with E-state index in [0.29, 0.717) is 10.7 Å². The van der Waals surface area contributed by atoms with Gasteiger partial charge in [0.15, 0.2) is 5.65 Å². The Hall–Kier alpha value is -1.89. The van der Waals surface area contributed by atoms with Crippen molar-refractivity contribution in [3.05, 3.63) is 30.7 Å². The van der Waals surface area contributed by atoms with E-state index in [1.165, 1.54) is 18.0 Å². The van der Waals surface area contributed by atoms with Crippen LogP contribution < -0.4 is 0 Å². The lowest BCUT2D eigenvalue weighted by Crippen LogP contribution is -1.96. The topological polar surface area (TPSA) is 48.0 Å².